The summed E-state index contributed by atoms with van der Waals surface area (Å²) in [7, 11) is 0. The SMILES string of the molecule is CC(Oc1cccc(/C=C2\CCc3ccccc3C2=O)c1)C(=O)O. The third-order valence-corrected chi connectivity index (χ3v) is 4.08. The van der Waals surface area contributed by atoms with Crippen molar-refractivity contribution in [2.45, 2.75) is 25.9 Å². The van der Waals surface area contributed by atoms with E-state index in [4.69, 9.17) is 9.84 Å². The minimum absolute atomic E-state index is 0.0575. The summed E-state index contributed by atoms with van der Waals surface area (Å²) >= 11 is 0. The molecule has 0 saturated carbocycles. The zero-order chi connectivity index (χ0) is 17.1. The lowest BCUT2D eigenvalue weighted by Crippen LogP contribution is -2.22. The Bertz CT molecular complexity index is 820. The first kappa shape index (κ1) is 16.0. The van der Waals surface area contributed by atoms with Crippen LogP contribution < -0.4 is 4.74 Å². The van der Waals surface area contributed by atoms with Crippen LogP contribution in [0.1, 0.15) is 34.8 Å². The molecule has 4 nitrogen and oxygen atoms in total. The topological polar surface area (TPSA) is 63.6 Å². The number of ketones is 1. The standard InChI is InChI=1S/C20H18O4/c1-13(20(22)23)24-17-7-4-5-14(12-17)11-16-10-9-15-6-2-3-8-18(15)19(16)21/h2-8,11-13H,9-10H2,1H3,(H,22,23)/b16-11+. The number of carbonyl (C=O) groups excluding carboxylic acids is 1. The predicted molar refractivity (Wildman–Crippen MR) is 91.2 cm³/mol. The molecule has 1 aliphatic carbocycles. The monoisotopic (exact) mass is 322 g/mol. The third kappa shape index (κ3) is 3.38. The molecule has 4 heteroatoms. The molecule has 0 bridgehead atoms. The summed E-state index contributed by atoms with van der Waals surface area (Å²) in [5.41, 5.74) is 3.44. The van der Waals surface area contributed by atoms with Crippen molar-refractivity contribution in [3.63, 3.8) is 0 Å². The van der Waals surface area contributed by atoms with Gasteiger partial charge in [-0.25, -0.2) is 4.79 Å². The van der Waals surface area contributed by atoms with Gasteiger partial charge in [0.25, 0.3) is 0 Å². The summed E-state index contributed by atoms with van der Waals surface area (Å²) in [6.07, 6.45) is 2.49. The minimum atomic E-state index is -1.02. The maximum absolute atomic E-state index is 12.6. The fraction of sp³-hybridized carbons (Fsp3) is 0.200. The Hall–Kier alpha value is -2.88. The van der Waals surface area contributed by atoms with Crippen molar-refractivity contribution in [2.24, 2.45) is 0 Å². The van der Waals surface area contributed by atoms with Gasteiger partial charge in [0.05, 0.1) is 0 Å². The molecule has 3 rings (SSSR count). The number of aliphatic carboxylic acids is 1. The van der Waals surface area contributed by atoms with E-state index in [0.717, 1.165) is 28.7 Å². The van der Waals surface area contributed by atoms with Gasteiger partial charge in [-0.15, -0.1) is 0 Å². The predicted octanol–water partition coefficient (Wildman–Crippen LogP) is 3.75. The quantitative estimate of drug-likeness (QED) is 0.871. The summed E-state index contributed by atoms with van der Waals surface area (Å²) in [6, 6.07) is 14.8. The molecule has 0 saturated heterocycles. The van der Waals surface area contributed by atoms with Gasteiger partial charge in [-0.3, -0.25) is 4.79 Å². The van der Waals surface area contributed by atoms with Gasteiger partial charge in [0.2, 0.25) is 0 Å². The molecule has 2 aromatic carbocycles. The number of fused-ring (bicyclic) bond motifs is 1. The summed E-state index contributed by atoms with van der Waals surface area (Å²) in [5, 5.41) is 8.92. The van der Waals surface area contributed by atoms with Crippen LogP contribution in [-0.4, -0.2) is 23.0 Å². The van der Waals surface area contributed by atoms with Gasteiger partial charge in [-0.2, -0.15) is 0 Å². The van der Waals surface area contributed by atoms with E-state index < -0.39 is 12.1 Å². The lowest BCUT2D eigenvalue weighted by Gasteiger charge is -2.17. The van der Waals surface area contributed by atoms with Gasteiger partial charge in [0.15, 0.2) is 11.9 Å². The highest BCUT2D eigenvalue weighted by Crippen LogP contribution is 2.27. The van der Waals surface area contributed by atoms with Crippen molar-refractivity contribution < 1.29 is 19.4 Å². The van der Waals surface area contributed by atoms with Gasteiger partial charge < -0.3 is 9.84 Å². The van der Waals surface area contributed by atoms with Crippen LogP contribution in [0.25, 0.3) is 6.08 Å². The second-order valence-corrected chi connectivity index (χ2v) is 5.83. The highest BCUT2D eigenvalue weighted by molar-refractivity contribution is 6.13. The smallest absolute Gasteiger partial charge is 0.344 e. The lowest BCUT2D eigenvalue weighted by molar-refractivity contribution is -0.144. The van der Waals surface area contributed by atoms with Crippen molar-refractivity contribution >= 4 is 17.8 Å². The number of Topliss-reactive ketones (excluding diaryl/α,β-unsaturated/α-hetero) is 1. The third-order valence-electron chi connectivity index (χ3n) is 4.08. The second-order valence-electron chi connectivity index (χ2n) is 5.83. The maximum Gasteiger partial charge on any atom is 0.344 e. The van der Waals surface area contributed by atoms with Crippen LogP contribution in [0.15, 0.2) is 54.1 Å². The fourth-order valence-electron chi connectivity index (χ4n) is 2.79. The molecular weight excluding hydrogens is 304 g/mol. The molecule has 0 fully saturated rings. The highest BCUT2D eigenvalue weighted by Gasteiger charge is 2.21. The number of benzene rings is 2. The number of ether oxygens (including phenoxy) is 1. The molecular formula is C20H18O4. The Morgan fingerprint density at radius 3 is 2.75 bits per heavy atom. The Kier molecular flexibility index (Phi) is 4.47. The molecule has 0 heterocycles. The molecule has 1 unspecified atom stereocenters. The summed E-state index contributed by atoms with van der Waals surface area (Å²) in [4.78, 5) is 23.5. The number of aryl methyl sites for hydroxylation is 1. The molecule has 122 valence electrons. The Labute approximate surface area is 140 Å². The van der Waals surface area contributed by atoms with Crippen molar-refractivity contribution in [3.8, 4) is 5.75 Å². The molecule has 0 amide bonds. The lowest BCUT2D eigenvalue weighted by atomic mass is 9.86. The first-order chi connectivity index (χ1) is 11.5. The van der Waals surface area contributed by atoms with E-state index in [9.17, 15) is 9.59 Å². The number of hydrogen-bond donors (Lipinski definition) is 1. The first-order valence-corrected chi connectivity index (χ1v) is 7.87. The van der Waals surface area contributed by atoms with E-state index >= 15 is 0 Å². The van der Waals surface area contributed by atoms with E-state index in [-0.39, 0.29) is 5.78 Å². The van der Waals surface area contributed by atoms with Gasteiger partial charge in [-0.1, -0.05) is 36.4 Å². The van der Waals surface area contributed by atoms with Crippen LogP contribution in [-0.2, 0) is 11.2 Å². The van der Waals surface area contributed by atoms with Crippen molar-refractivity contribution in [2.75, 3.05) is 0 Å². The van der Waals surface area contributed by atoms with E-state index in [0.29, 0.717) is 12.2 Å². The molecule has 2 aromatic rings. The second kappa shape index (κ2) is 6.71. The largest absolute Gasteiger partial charge is 0.479 e. The molecule has 1 atom stereocenters. The van der Waals surface area contributed by atoms with Crippen LogP contribution in [0.2, 0.25) is 0 Å². The zero-order valence-corrected chi connectivity index (χ0v) is 13.4. The van der Waals surface area contributed by atoms with Crippen LogP contribution in [0.3, 0.4) is 0 Å². The van der Waals surface area contributed by atoms with E-state index in [1.165, 1.54) is 6.92 Å². The van der Waals surface area contributed by atoms with Gasteiger partial charge in [0.1, 0.15) is 5.75 Å². The maximum atomic E-state index is 12.6. The summed E-state index contributed by atoms with van der Waals surface area (Å²) in [6.45, 7) is 1.48. The van der Waals surface area contributed by atoms with Crippen LogP contribution in [0.5, 0.6) is 5.75 Å². The Balaban J connectivity index is 1.84. The van der Waals surface area contributed by atoms with Crippen molar-refractivity contribution in [1.82, 2.24) is 0 Å². The van der Waals surface area contributed by atoms with Gasteiger partial charge in [0, 0.05) is 11.1 Å². The number of allylic oxidation sites excluding steroid dienone is 1. The fourth-order valence-corrected chi connectivity index (χ4v) is 2.79. The van der Waals surface area contributed by atoms with E-state index in [1.54, 1.807) is 18.2 Å². The molecule has 0 radical (unpaired) electrons. The number of carbonyl (C=O) groups is 2. The normalized spacial score (nSPS) is 16.5. The minimum Gasteiger partial charge on any atom is -0.479 e. The highest BCUT2D eigenvalue weighted by atomic mass is 16.5. The van der Waals surface area contributed by atoms with E-state index in [1.807, 2.05) is 36.4 Å². The Morgan fingerprint density at radius 2 is 1.96 bits per heavy atom. The van der Waals surface area contributed by atoms with Crippen molar-refractivity contribution in [3.05, 3.63) is 70.8 Å². The average molecular weight is 322 g/mol. The molecule has 1 N–H and O–H groups in total. The summed E-state index contributed by atoms with van der Waals surface area (Å²) < 4.78 is 5.37. The van der Waals surface area contributed by atoms with Crippen LogP contribution in [0.4, 0.5) is 0 Å². The van der Waals surface area contributed by atoms with Gasteiger partial charge >= 0.3 is 5.97 Å². The zero-order valence-electron chi connectivity index (χ0n) is 13.4. The van der Waals surface area contributed by atoms with Crippen molar-refractivity contribution in [1.29, 1.82) is 0 Å². The first-order valence-electron chi connectivity index (χ1n) is 7.87. The number of carboxylic acid groups (broad SMARTS) is 1. The summed E-state index contributed by atoms with van der Waals surface area (Å²) in [5.74, 6) is -0.484. The van der Waals surface area contributed by atoms with E-state index in [2.05, 4.69) is 0 Å². The molecule has 0 aliphatic heterocycles. The number of hydrogen-bond acceptors (Lipinski definition) is 3. The molecule has 0 aromatic heterocycles. The van der Waals surface area contributed by atoms with Crippen LogP contribution >= 0.6 is 0 Å². The molecule has 1 aliphatic rings. The molecule has 24 heavy (non-hydrogen) atoms. The molecule has 0 spiro atoms. The van der Waals surface area contributed by atoms with Gasteiger partial charge in [-0.05, 0) is 49.1 Å². The number of carboxylic acids is 1. The van der Waals surface area contributed by atoms with Crippen LogP contribution in [0, 0.1) is 0 Å². The average Bonchev–Trinajstić information content (AvgIpc) is 2.58. The Morgan fingerprint density at radius 1 is 1.17 bits per heavy atom. The number of rotatable bonds is 4.